The van der Waals surface area contributed by atoms with Gasteiger partial charge < -0.3 is 10.6 Å². The molecule has 0 atom stereocenters. The van der Waals surface area contributed by atoms with Gasteiger partial charge >= 0.3 is 0 Å². The van der Waals surface area contributed by atoms with Gasteiger partial charge in [0.2, 0.25) is 5.91 Å². The number of unbranched alkanes of at least 4 members (excludes halogenated alkanes) is 2. The van der Waals surface area contributed by atoms with Crippen molar-refractivity contribution in [2.45, 2.75) is 32.7 Å². The fourth-order valence-corrected chi connectivity index (χ4v) is 3.13. The zero-order valence-corrected chi connectivity index (χ0v) is 17.3. The van der Waals surface area contributed by atoms with Crippen molar-refractivity contribution in [1.82, 2.24) is 15.1 Å². The van der Waals surface area contributed by atoms with E-state index >= 15 is 0 Å². The summed E-state index contributed by atoms with van der Waals surface area (Å²) in [5.74, 6) is -6.22. The van der Waals surface area contributed by atoms with Gasteiger partial charge in [-0.2, -0.15) is 5.10 Å². The number of hydrogen-bond donors (Lipinski definition) is 2. The molecule has 0 bridgehead atoms. The van der Waals surface area contributed by atoms with E-state index in [0.29, 0.717) is 29.8 Å². The number of carbonyl (C=O) groups excluding carboxylic acids is 2. The van der Waals surface area contributed by atoms with Crippen molar-refractivity contribution < 1.29 is 22.8 Å². The van der Waals surface area contributed by atoms with Gasteiger partial charge in [0, 0.05) is 11.9 Å². The van der Waals surface area contributed by atoms with E-state index in [1.54, 1.807) is 24.3 Å². The number of anilines is 1. The largest absolute Gasteiger partial charge is 0.342 e. The summed E-state index contributed by atoms with van der Waals surface area (Å²) >= 11 is 0. The lowest BCUT2D eigenvalue weighted by atomic mass is 10.1. The first kappa shape index (κ1) is 23.0. The average Bonchev–Trinajstić information content (AvgIpc) is 2.79. The Balaban J connectivity index is 1.78. The van der Waals surface area contributed by atoms with E-state index in [9.17, 15) is 27.6 Å². The quantitative estimate of drug-likeness (QED) is 0.410. The lowest BCUT2D eigenvalue weighted by Gasteiger charge is -2.12. The van der Waals surface area contributed by atoms with E-state index in [-0.39, 0.29) is 11.3 Å². The molecule has 1 aromatic heterocycles. The van der Waals surface area contributed by atoms with Crippen molar-refractivity contribution in [2.75, 3.05) is 11.9 Å². The van der Waals surface area contributed by atoms with Gasteiger partial charge in [-0.25, -0.2) is 17.9 Å². The SMILES string of the molecule is CCCCCn1nc(C(=O)NCC(=O)Nc2ccc(F)c(F)c2F)c2ccccc2c1=O. The molecule has 2 amide bonds. The van der Waals surface area contributed by atoms with Crippen LogP contribution >= 0.6 is 0 Å². The monoisotopic (exact) mass is 446 g/mol. The summed E-state index contributed by atoms with van der Waals surface area (Å²) in [7, 11) is 0. The maximum absolute atomic E-state index is 13.7. The Morgan fingerprint density at radius 2 is 1.72 bits per heavy atom. The molecule has 0 radical (unpaired) electrons. The first-order valence-electron chi connectivity index (χ1n) is 10.0. The molecule has 0 saturated heterocycles. The molecule has 0 unspecified atom stereocenters. The van der Waals surface area contributed by atoms with Gasteiger partial charge in [-0.3, -0.25) is 14.4 Å². The van der Waals surface area contributed by atoms with Crippen molar-refractivity contribution in [1.29, 1.82) is 0 Å². The van der Waals surface area contributed by atoms with Crippen LogP contribution in [0.3, 0.4) is 0 Å². The number of aryl methyl sites for hydroxylation is 1. The van der Waals surface area contributed by atoms with Gasteiger partial charge in [0.25, 0.3) is 11.5 Å². The highest BCUT2D eigenvalue weighted by atomic mass is 19.2. The van der Waals surface area contributed by atoms with Gasteiger partial charge in [-0.15, -0.1) is 0 Å². The molecule has 3 aromatic rings. The number of halogens is 3. The Morgan fingerprint density at radius 1 is 1.00 bits per heavy atom. The van der Waals surface area contributed by atoms with Crippen molar-refractivity contribution in [3.05, 3.63) is 69.9 Å². The van der Waals surface area contributed by atoms with Crippen LogP contribution in [0.1, 0.15) is 36.7 Å². The Morgan fingerprint density at radius 3 is 2.44 bits per heavy atom. The van der Waals surface area contributed by atoms with E-state index in [2.05, 4.69) is 15.7 Å². The number of carbonyl (C=O) groups is 2. The van der Waals surface area contributed by atoms with Crippen molar-refractivity contribution in [2.24, 2.45) is 0 Å². The normalized spacial score (nSPS) is 10.9. The van der Waals surface area contributed by atoms with Crippen molar-refractivity contribution in [3.63, 3.8) is 0 Å². The third kappa shape index (κ3) is 4.96. The molecule has 0 spiro atoms. The highest BCUT2D eigenvalue weighted by molar-refractivity contribution is 6.06. The molecule has 0 aliphatic carbocycles. The molecule has 2 N–H and O–H groups in total. The first-order valence-corrected chi connectivity index (χ1v) is 10.0. The number of rotatable bonds is 8. The molecule has 32 heavy (non-hydrogen) atoms. The number of fused-ring (bicyclic) bond motifs is 1. The molecule has 3 rings (SSSR count). The molecule has 10 heteroatoms. The number of hydrogen-bond acceptors (Lipinski definition) is 4. The fourth-order valence-electron chi connectivity index (χ4n) is 3.13. The summed E-state index contributed by atoms with van der Waals surface area (Å²) in [6, 6.07) is 8.03. The minimum atomic E-state index is -1.71. The molecule has 0 aliphatic rings. The van der Waals surface area contributed by atoms with Gasteiger partial charge in [0.1, 0.15) is 0 Å². The number of amides is 2. The maximum atomic E-state index is 13.7. The van der Waals surface area contributed by atoms with E-state index < -0.39 is 41.5 Å². The molecule has 7 nitrogen and oxygen atoms in total. The van der Waals surface area contributed by atoms with Crippen LogP contribution in [0.2, 0.25) is 0 Å². The summed E-state index contributed by atoms with van der Waals surface area (Å²) in [5, 5.41) is 9.24. The van der Waals surface area contributed by atoms with Crippen LogP contribution in [-0.4, -0.2) is 28.1 Å². The van der Waals surface area contributed by atoms with Crippen LogP contribution in [0.25, 0.3) is 10.8 Å². The molecule has 2 aromatic carbocycles. The topological polar surface area (TPSA) is 93.1 Å². The lowest BCUT2D eigenvalue weighted by molar-refractivity contribution is -0.115. The predicted octanol–water partition coefficient (Wildman–Crippen LogP) is 3.37. The summed E-state index contributed by atoms with van der Waals surface area (Å²) in [6.45, 7) is 1.78. The Kier molecular flexibility index (Phi) is 7.24. The second kappa shape index (κ2) is 10.1. The summed E-state index contributed by atoms with van der Waals surface area (Å²) < 4.78 is 41.2. The van der Waals surface area contributed by atoms with Crippen molar-refractivity contribution >= 4 is 28.3 Å². The van der Waals surface area contributed by atoms with E-state index in [4.69, 9.17) is 0 Å². The third-order valence-electron chi connectivity index (χ3n) is 4.78. The number of nitrogens with one attached hydrogen (secondary N) is 2. The second-order valence-electron chi connectivity index (χ2n) is 7.08. The summed E-state index contributed by atoms with van der Waals surface area (Å²) in [6.07, 6.45) is 2.55. The van der Waals surface area contributed by atoms with Crippen LogP contribution in [0.15, 0.2) is 41.2 Å². The van der Waals surface area contributed by atoms with Gasteiger partial charge in [0.05, 0.1) is 17.6 Å². The Labute approximate surface area is 181 Å². The standard InChI is InChI=1S/C22H21F3N4O3/c1-2-3-6-11-29-22(32)14-8-5-4-7-13(14)20(28-29)21(31)26-12-17(30)27-16-10-9-15(23)18(24)19(16)25/h4-5,7-10H,2-3,6,11-12H2,1H3,(H,26,31)(H,27,30). The van der Waals surface area contributed by atoms with Crippen LogP contribution in [0.4, 0.5) is 18.9 Å². The van der Waals surface area contributed by atoms with Gasteiger partial charge in [-0.05, 0) is 24.6 Å². The number of aromatic nitrogens is 2. The minimum Gasteiger partial charge on any atom is -0.342 e. The number of nitrogens with zero attached hydrogens (tertiary/aromatic N) is 2. The summed E-state index contributed by atoms with van der Waals surface area (Å²) in [5.41, 5.74) is -0.917. The highest BCUT2D eigenvalue weighted by Gasteiger charge is 2.19. The average molecular weight is 446 g/mol. The van der Waals surface area contributed by atoms with Gasteiger partial charge in [-0.1, -0.05) is 38.0 Å². The smallest absolute Gasteiger partial charge is 0.274 e. The van der Waals surface area contributed by atoms with E-state index in [1.807, 2.05) is 6.92 Å². The molecule has 0 aliphatic heterocycles. The first-order chi connectivity index (χ1) is 15.3. The molecular formula is C22H21F3N4O3. The fraction of sp³-hybridized carbons (Fsp3) is 0.273. The van der Waals surface area contributed by atoms with Crippen LogP contribution in [-0.2, 0) is 11.3 Å². The lowest BCUT2D eigenvalue weighted by Crippen LogP contribution is -2.35. The number of benzene rings is 2. The minimum absolute atomic E-state index is 0.0384. The Bertz CT molecular complexity index is 1230. The van der Waals surface area contributed by atoms with Crippen LogP contribution in [0.5, 0.6) is 0 Å². The van der Waals surface area contributed by atoms with Crippen LogP contribution in [0, 0.1) is 17.5 Å². The molecule has 0 saturated carbocycles. The van der Waals surface area contributed by atoms with E-state index in [0.717, 1.165) is 18.9 Å². The molecule has 0 fully saturated rings. The molecule has 168 valence electrons. The highest BCUT2D eigenvalue weighted by Crippen LogP contribution is 2.19. The summed E-state index contributed by atoms with van der Waals surface area (Å²) in [4.78, 5) is 37.5. The predicted molar refractivity (Wildman–Crippen MR) is 113 cm³/mol. The molecule has 1 heterocycles. The zero-order valence-electron chi connectivity index (χ0n) is 17.3. The second-order valence-corrected chi connectivity index (χ2v) is 7.08. The Hall–Kier alpha value is -3.69. The molecular weight excluding hydrogens is 425 g/mol. The van der Waals surface area contributed by atoms with Crippen LogP contribution < -0.4 is 16.2 Å². The zero-order chi connectivity index (χ0) is 23.3. The van der Waals surface area contributed by atoms with Crippen molar-refractivity contribution in [3.8, 4) is 0 Å². The van der Waals surface area contributed by atoms with E-state index in [1.165, 1.54) is 4.68 Å². The third-order valence-corrected chi connectivity index (χ3v) is 4.78. The van der Waals surface area contributed by atoms with Gasteiger partial charge in [0.15, 0.2) is 23.1 Å². The maximum Gasteiger partial charge on any atom is 0.274 e.